The average molecular weight is 416 g/mol. The molecule has 0 nitrogen and oxygen atoms in total. The summed E-state index contributed by atoms with van der Waals surface area (Å²) in [7, 11) is 0. The minimum absolute atomic E-state index is 0.874. The quantitative estimate of drug-likeness (QED) is 0.464. The van der Waals surface area contributed by atoms with Crippen molar-refractivity contribution in [3.05, 3.63) is 0 Å². The molecule has 1 heteroatoms. The molecule has 12 aliphatic carbocycles. The zero-order chi connectivity index (χ0) is 14.5. The lowest BCUT2D eigenvalue weighted by molar-refractivity contribution is 0.112. The number of alkyl halides is 1. The van der Waals surface area contributed by atoms with Crippen molar-refractivity contribution in [3.8, 4) is 0 Å². The molecule has 0 aromatic heterocycles. The summed E-state index contributed by atoms with van der Waals surface area (Å²) in [6.07, 6.45) is 8.10. The predicted molar refractivity (Wildman–Crippen MR) is 94.7 cm³/mol. The largest absolute Gasteiger partial charge is 0.0776 e. The van der Waals surface area contributed by atoms with Crippen molar-refractivity contribution in [2.45, 2.75) is 42.4 Å². The molecular formula is C22H25I. The van der Waals surface area contributed by atoms with E-state index in [4.69, 9.17) is 0 Å². The maximum atomic E-state index is 3.12. The molecule has 12 fully saturated rings. The van der Waals surface area contributed by atoms with Crippen molar-refractivity contribution in [2.75, 3.05) is 0 Å². The Balaban J connectivity index is 1.26. The summed E-state index contributed by atoms with van der Waals surface area (Å²) in [5.74, 6) is 15.2. The van der Waals surface area contributed by atoms with Crippen LogP contribution in [0.4, 0.5) is 0 Å². The van der Waals surface area contributed by atoms with Gasteiger partial charge in [-0.15, -0.1) is 0 Å². The minimum Gasteiger partial charge on any atom is -0.0776 e. The van der Waals surface area contributed by atoms with Gasteiger partial charge in [-0.2, -0.15) is 0 Å². The fourth-order valence-electron chi connectivity index (χ4n) is 14.4. The van der Waals surface area contributed by atoms with E-state index < -0.39 is 0 Å². The molecule has 0 aromatic rings. The number of halogens is 1. The third-order valence-corrected chi connectivity index (χ3v) is 15.5. The van der Waals surface area contributed by atoms with Crippen LogP contribution in [0.5, 0.6) is 0 Å². The standard InChI is InChI=1S/C22H25I/c1-2-3-4-19-11-7-5-8(12(11)19)14-13(7)20(14,19)21-15-9-6-10(16(15)21)18-17(9)22(18,21)23/h7-18H,2-6H2,1H3/t7-,8+,9-,10+,11+,12-,13-,14-,15-,16-,17-,18+,19?,20?,21?,22?/m0/s1. The van der Waals surface area contributed by atoms with E-state index in [9.17, 15) is 0 Å². The van der Waals surface area contributed by atoms with Gasteiger partial charge in [0.05, 0.1) is 0 Å². The lowest BCUT2D eigenvalue weighted by Crippen LogP contribution is -2.38. The molecule has 0 aromatic carbocycles. The summed E-state index contributed by atoms with van der Waals surface area (Å²) in [4.78, 5) is 0. The Morgan fingerprint density at radius 3 is 1.74 bits per heavy atom. The first-order valence-corrected chi connectivity index (χ1v) is 12.0. The minimum atomic E-state index is 0.874. The molecule has 0 N–H and O–H groups in total. The summed E-state index contributed by atoms with van der Waals surface area (Å²) in [5.41, 5.74) is 2.89. The van der Waals surface area contributed by atoms with Gasteiger partial charge < -0.3 is 0 Å². The van der Waals surface area contributed by atoms with Crippen molar-refractivity contribution in [1.29, 1.82) is 0 Å². The topological polar surface area (TPSA) is 0 Å². The molecule has 4 bridgehead atoms. The SMILES string of the molecule is CCCCC12[C@@H]3[C@@H]4C[C@H]([C@@H]31)[C@H]1[C@H]4C12C12[C@H]3[C@@H]4C[C@@H]([C@@H]5[C@H]4C51I)[C@@H]32. The molecule has 0 heterocycles. The predicted octanol–water partition coefficient (Wildman–Crippen LogP) is 4.62. The van der Waals surface area contributed by atoms with Crippen LogP contribution in [0.2, 0.25) is 0 Å². The molecular weight excluding hydrogens is 391 g/mol. The zero-order valence-corrected chi connectivity index (χ0v) is 16.0. The molecule has 12 aliphatic rings. The highest BCUT2D eigenvalue weighted by molar-refractivity contribution is 14.1. The van der Waals surface area contributed by atoms with E-state index in [2.05, 4.69) is 29.5 Å². The van der Waals surface area contributed by atoms with Crippen molar-refractivity contribution in [2.24, 2.45) is 87.3 Å². The van der Waals surface area contributed by atoms with Crippen LogP contribution in [-0.4, -0.2) is 3.42 Å². The molecule has 0 saturated heterocycles. The Morgan fingerprint density at radius 2 is 1.26 bits per heavy atom. The lowest BCUT2D eigenvalue weighted by Gasteiger charge is -2.38. The third-order valence-electron chi connectivity index (χ3n) is 13.2. The van der Waals surface area contributed by atoms with Crippen LogP contribution >= 0.6 is 22.6 Å². The van der Waals surface area contributed by atoms with Gasteiger partial charge in [0.25, 0.3) is 0 Å². The molecule has 0 spiro atoms. The van der Waals surface area contributed by atoms with Gasteiger partial charge in [0.15, 0.2) is 0 Å². The molecule has 23 heavy (non-hydrogen) atoms. The summed E-state index contributed by atoms with van der Waals surface area (Å²) >= 11 is 3.12. The van der Waals surface area contributed by atoms with Crippen LogP contribution in [0.25, 0.3) is 0 Å². The van der Waals surface area contributed by atoms with E-state index in [-0.39, 0.29) is 0 Å². The van der Waals surface area contributed by atoms with Crippen LogP contribution < -0.4 is 0 Å². The number of hydrogen-bond acceptors (Lipinski definition) is 0. The highest BCUT2D eigenvalue weighted by Gasteiger charge is 3.16. The van der Waals surface area contributed by atoms with E-state index in [1.165, 1.54) is 77.4 Å². The summed E-state index contributed by atoms with van der Waals surface area (Å²) in [6, 6.07) is 0. The van der Waals surface area contributed by atoms with Crippen LogP contribution in [0.15, 0.2) is 0 Å². The first kappa shape index (κ1) is 11.4. The number of unbranched alkanes of at least 4 members (excludes halogenated alkanes) is 1. The van der Waals surface area contributed by atoms with Gasteiger partial charge in [-0.1, -0.05) is 42.4 Å². The molecule has 0 aliphatic heterocycles. The van der Waals surface area contributed by atoms with Crippen molar-refractivity contribution in [1.82, 2.24) is 0 Å². The molecule has 12 rings (SSSR count). The van der Waals surface area contributed by atoms with Crippen molar-refractivity contribution < 1.29 is 0 Å². The fourth-order valence-corrected chi connectivity index (χ4v) is 17.1. The first-order chi connectivity index (χ1) is 11.3. The first-order valence-electron chi connectivity index (χ1n) is 10.9. The van der Waals surface area contributed by atoms with Crippen LogP contribution in [0.3, 0.4) is 0 Å². The Hall–Kier alpha value is 0.730. The van der Waals surface area contributed by atoms with Crippen molar-refractivity contribution >= 4 is 22.6 Å². The fraction of sp³-hybridized carbons (Fsp3) is 1.00. The summed E-state index contributed by atoms with van der Waals surface area (Å²) in [6.45, 7) is 2.45. The van der Waals surface area contributed by atoms with Gasteiger partial charge >= 0.3 is 0 Å². The summed E-state index contributed by atoms with van der Waals surface area (Å²) < 4.78 is 0.874. The van der Waals surface area contributed by atoms with Gasteiger partial charge in [-0.25, -0.2) is 0 Å². The van der Waals surface area contributed by atoms with E-state index >= 15 is 0 Å². The lowest BCUT2D eigenvalue weighted by atomic mass is 9.67. The van der Waals surface area contributed by atoms with Gasteiger partial charge in [-0.3, -0.25) is 0 Å². The number of hydrogen-bond donors (Lipinski definition) is 0. The van der Waals surface area contributed by atoms with E-state index in [1.54, 1.807) is 25.7 Å². The average Bonchev–Trinajstić information content (AvgIpc) is 3.46. The zero-order valence-electron chi connectivity index (χ0n) is 13.8. The molecule has 16 atom stereocenters. The van der Waals surface area contributed by atoms with Gasteiger partial charge in [0.2, 0.25) is 0 Å². The van der Waals surface area contributed by atoms with Gasteiger partial charge in [0.1, 0.15) is 0 Å². The molecule has 0 radical (unpaired) electrons. The van der Waals surface area contributed by atoms with E-state index in [0.29, 0.717) is 0 Å². The smallest absolute Gasteiger partial charge is 0.0358 e. The van der Waals surface area contributed by atoms with Crippen LogP contribution in [0.1, 0.15) is 39.0 Å². The third kappa shape index (κ3) is 0.589. The maximum Gasteiger partial charge on any atom is 0.0358 e. The Morgan fingerprint density at radius 1 is 0.739 bits per heavy atom. The molecule has 120 valence electrons. The van der Waals surface area contributed by atoms with E-state index in [1.807, 2.05) is 0 Å². The highest BCUT2D eigenvalue weighted by atomic mass is 127. The molecule has 12 saturated carbocycles. The summed E-state index contributed by atoms with van der Waals surface area (Å²) in [5, 5.41) is 0. The van der Waals surface area contributed by atoms with Gasteiger partial charge in [-0.05, 0) is 107 Å². The second-order valence-electron chi connectivity index (χ2n) is 12.0. The van der Waals surface area contributed by atoms with Crippen LogP contribution in [-0.2, 0) is 0 Å². The highest BCUT2D eigenvalue weighted by Crippen LogP contribution is 3.18. The Kier molecular flexibility index (Phi) is 1.24. The Bertz CT molecular complexity index is 733. The maximum absolute atomic E-state index is 3.12. The van der Waals surface area contributed by atoms with E-state index in [0.717, 1.165) is 19.7 Å². The Labute approximate surface area is 152 Å². The van der Waals surface area contributed by atoms with Crippen LogP contribution in [0, 0.1) is 87.3 Å². The second kappa shape index (κ2) is 2.48. The van der Waals surface area contributed by atoms with Gasteiger partial charge in [0, 0.05) is 3.42 Å². The second-order valence-corrected chi connectivity index (χ2v) is 13.8. The normalized spacial score (nSPS) is 93.7. The number of rotatable bonds is 4. The monoisotopic (exact) mass is 416 g/mol. The molecule has 4 unspecified atom stereocenters. The molecule has 0 amide bonds. The van der Waals surface area contributed by atoms with Crippen molar-refractivity contribution in [3.63, 3.8) is 0 Å².